The van der Waals surface area contributed by atoms with E-state index in [2.05, 4.69) is 10.5 Å². The van der Waals surface area contributed by atoms with Gasteiger partial charge in [0.05, 0.1) is 19.9 Å². The summed E-state index contributed by atoms with van der Waals surface area (Å²) < 4.78 is 10.2. The average Bonchev–Trinajstić information content (AvgIpc) is 3.27. The third kappa shape index (κ3) is 2.70. The monoisotopic (exact) mass is 379 g/mol. The van der Waals surface area contributed by atoms with E-state index in [-0.39, 0.29) is 5.71 Å². The third-order valence-electron chi connectivity index (χ3n) is 4.82. The fourth-order valence-electron chi connectivity index (χ4n) is 3.37. The highest BCUT2D eigenvalue weighted by molar-refractivity contribution is 6.52. The van der Waals surface area contributed by atoms with Gasteiger partial charge in [0.1, 0.15) is 29.2 Å². The standard InChI is InChI=1S/C20H17N3O5/c1-27-13-8-6-11(7-9-13)18(24)16-15-17(22-21-16)20(26)23(19(15)25)12-4-3-5-14(10-12)28-2/h3-10,15,17,22H,1-2H3/t15-,17-/m0/s1. The van der Waals surface area contributed by atoms with E-state index >= 15 is 0 Å². The quantitative estimate of drug-likeness (QED) is 0.623. The Hall–Kier alpha value is -3.68. The van der Waals surface area contributed by atoms with Crippen molar-refractivity contribution in [2.75, 3.05) is 19.1 Å². The highest BCUT2D eigenvalue weighted by atomic mass is 16.5. The minimum atomic E-state index is -0.965. The zero-order valence-corrected chi connectivity index (χ0v) is 15.2. The molecule has 2 atom stereocenters. The topological polar surface area (TPSA) is 97.3 Å². The molecular formula is C20H17N3O5. The fraction of sp³-hybridized carbons (Fsp3) is 0.200. The number of amides is 2. The first-order valence-electron chi connectivity index (χ1n) is 8.59. The number of imide groups is 1. The number of hydrogen-bond donors (Lipinski definition) is 1. The molecule has 0 aromatic heterocycles. The number of nitrogens with zero attached hydrogens (tertiary/aromatic N) is 2. The normalized spacial score (nSPS) is 20.5. The number of ketones is 1. The van der Waals surface area contributed by atoms with Gasteiger partial charge in [0.2, 0.25) is 11.7 Å². The molecule has 1 N–H and O–H groups in total. The molecule has 2 heterocycles. The second-order valence-electron chi connectivity index (χ2n) is 6.35. The van der Waals surface area contributed by atoms with Crippen LogP contribution in [0.2, 0.25) is 0 Å². The Morgan fingerprint density at radius 3 is 2.39 bits per heavy atom. The lowest BCUT2D eigenvalue weighted by Gasteiger charge is -2.16. The summed E-state index contributed by atoms with van der Waals surface area (Å²) in [7, 11) is 3.03. The van der Waals surface area contributed by atoms with Crippen molar-refractivity contribution in [3.8, 4) is 11.5 Å². The van der Waals surface area contributed by atoms with Crippen LogP contribution >= 0.6 is 0 Å². The van der Waals surface area contributed by atoms with Gasteiger partial charge in [-0.2, -0.15) is 5.10 Å². The lowest BCUT2D eigenvalue weighted by atomic mass is 9.92. The van der Waals surface area contributed by atoms with Crippen LogP contribution in [0.25, 0.3) is 0 Å². The molecule has 0 aliphatic carbocycles. The van der Waals surface area contributed by atoms with E-state index in [4.69, 9.17) is 9.47 Å². The smallest absolute Gasteiger partial charge is 0.259 e. The van der Waals surface area contributed by atoms with E-state index in [9.17, 15) is 14.4 Å². The molecule has 2 aliphatic rings. The molecule has 4 rings (SSSR count). The zero-order chi connectivity index (χ0) is 19.8. The van der Waals surface area contributed by atoms with E-state index in [0.717, 1.165) is 4.90 Å². The Morgan fingerprint density at radius 2 is 1.71 bits per heavy atom. The maximum absolute atomic E-state index is 13.0. The molecule has 1 fully saturated rings. The van der Waals surface area contributed by atoms with Crippen molar-refractivity contribution < 1.29 is 23.9 Å². The molecule has 28 heavy (non-hydrogen) atoms. The summed E-state index contributed by atoms with van der Waals surface area (Å²) in [5.41, 5.74) is 3.43. The Balaban J connectivity index is 1.63. The van der Waals surface area contributed by atoms with Crippen molar-refractivity contribution in [3.63, 3.8) is 0 Å². The number of nitrogens with one attached hydrogen (secondary N) is 1. The molecule has 2 aromatic carbocycles. The van der Waals surface area contributed by atoms with Gasteiger partial charge >= 0.3 is 0 Å². The van der Waals surface area contributed by atoms with Gasteiger partial charge in [-0.25, -0.2) is 4.90 Å². The minimum absolute atomic E-state index is 0.0268. The number of carbonyl (C=O) groups is 3. The molecule has 1 saturated heterocycles. The average molecular weight is 379 g/mol. The van der Waals surface area contributed by atoms with E-state index < -0.39 is 29.6 Å². The lowest BCUT2D eigenvalue weighted by Crippen LogP contribution is -2.36. The molecule has 0 radical (unpaired) electrons. The highest BCUT2D eigenvalue weighted by Gasteiger charge is 2.55. The maximum atomic E-state index is 13.0. The summed E-state index contributed by atoms with van der Waals surface area (Å²) >= 11 is 0. The minimum Gasteiger partial charge on any atom is -0.497 e. The van der Waals surface area contributed by atoms with Crippen molar-refractivity contribution in [2.45, 2.75) is 6.04 Å². The summed E-state index contributed by atoms with van der Waals surface area (Å²) in [6.07, 6.45) is 0. The first-order valence-corrected chi connectivity index (χ1v) is 8.59. The molecule has 0 unspecified atom stereocenters. The predicted octanol–water partition coefficient (Wildman–Crippen LogP) is 1.40. The van der Waals surface area contributed by atoms with Crippen LogP contribution in [0.1, 0.15) is 10.4 Å². The highest BCUT2D eigenvalue weighted by Crippen LogP contribution is 2.33. The van der Waals surface area contributed by atoms with Crippen LogP contribution in [0.5, 0.6) is 11.5 Å². The number of rotatable bonds is 5. The third-order valence-corrected chi connectivity index (χ3v) is 4.82. The Kier molecular flexibility index (Phi) is 4.31. The first kappa shape index (κ1) is 17.7. The molecule has 0 spiro atoms. The van der Waals surface area contributed by atoms with Gasteiger partial charge in [-0.05, 0) is 36.4 Å². The number of hydrazone groups is 1. The Labute approximate surface area is 160 Å². The van der Waals surface area contributed by atoms with E-state index in [1.807, 2.05) is 0 Å². The second kappa shape index (κ2) is 6.80. The Bertz CT molecular complexity index is 999. The molecule has 0 saturated carbocycles. The second-order valence-corrected chi connectivity index (χ2v) is 6.35. The fourth-order valence-corrected chi connectivity index (χ4v) is 3.37. The molecule has 8 nitrogen and oxygen atoms in total. The summed E-state index contributed by atoms with van der Waals surface area (Å²) in [4.78, 5) is 39.7. The van der Waals surface area contributed by atoms with Crippen molar-refractivity contribution in [1.29, 1.82) is 0 Å². The predicted molar refractivity (Wildman–Crippen MR) is 101 cm³/mol. The number of benzene rings is 2. The van der Waals surface area contributed by atoms with Gasteiger partial charge in [0.15, 0.2) is 0 Å². The van der Waals surface area contributed by atoms with Gasteiger partial charge < -0.3 is 9.47 Å². The van der Waals surface area contributed by atoms with E-state index in [1.54, 1.807) is 48.5 Å². The molecule has 0 bridgehead atoms. The molecule has 2 amide bonds. The van der Waals surface area contributed by atoms with Crippen LogP contribution in [0.4, 0.5) is 5.69 Å². The summed E-state index contributed by atoms with van der Waals surface area (Å²) in [6, 6.07) is 12.2. The van der Waals surface area contributed by atoms with Crippen LogP contribution in [-0.4, -0.2) is 43.6 Å². The van der Waals surface area contributed by atoms with Crippen molar-refractivity contribution in [3.05, 3.63) is 54.1 Å². The van der Waals surface area contributed by atoms with Crippen LogP contribution in [0, 0.1) is 5.92 Å². The molecule has 2 aromatic rings. The lowest BCUT2D eigenvalue weighted by molar-refractivity contribution is -0.122. The molecule has 142 valence electrons. The van der Waals surface area contributed by atoms with Gasteiger partial charge in [0.25, 0.3) is 5.91 Å². The van der Waals surface area contributed by atoms with Crippen LogP contribution in [0.15, 0.2) is 53.6 Å². The molecule has 8 heteroatoms. The molecular weight excluding hydrogens is 362 g/mol. The summed E-state index contributed by atoms with van der Waals surface area (Å²) in [5, 5.41) is 3.99. The zero-order valence-electron chi connectivity index (χ0n) is 15.2. The number of hydrogen-bond acceptors (Lipinski definition) is 7. The SMILES string of the molecule is COc1ccc(C(=O)C2=NN[C@@H]3C(=O)N(c4cccc(OC)c4)C(=O)[C@@H]23)cc1. The van der Waals surface area contributed by atoms with Crippen LogP contribution in [-0.2, 0) is 9.59 Å². The number of anilines is 1. The van der Waals surface area contributed by atoms with E-state index in [1.165, 1.54) is 14.2 Å². The van der Waals surface area contributed by atoms with Crippen molar-refractivity contribution in [1.82, 2.24) is 5.43 Å². The van der Waals surface area contributed by atoms with Crippen molar-refractivity contribution >= 4 is 29.0 Å². The summed E-state index contributed by atoms with van der Waals surface area (Å²) in [6.45, 7) is 0. The van der Waals surface area contributed by atoms with Gasteiger partial charge in [0, 0.05) is 11.6 Å². The summed E-state index contributed by atoms with van der Waals surface area (Å²) in [5.74, 6) is -1.19. The Morgan fingerprint density at radius 1 is 1.00 bits per heavy atom. The van der Waals surface area contributed by atoms with Gasteiger partial charge in [-0.15, -0.1) is 0 Å². The van der Waals surface area contributed by atoms with Gasteiger partial charge in [-0.3, -0.25) is 19.8 Å². The molecule has 2 aliphatic heterocycles. The maximum Gasteiger partial charge on any atom is 0.259 e. The number of Topliss-reactive ketones (excluding diaryl/α,β-unsaturated/α-hetero) is 1. The van der Waals surface area contributed by atoms with E-state index in [0.29, 0.717) is 22.7 Å². The number of methoxy groups -OCH3 is 2. The largest absolute Gasteiger partial charge is 0.497 e. The number of ether oxygens (including phenoxy) is 2. The van der Waals surface area contributed by atoms with Crippen molar-refractivity contribution in [2.24, 2.45) is 11.0 Å². The van der Waals surface area contributed by atoms with Crippen LogP contribution < -0.4 is 19.8 Å². The van der Waals surface area contributed by atoms with Crippen LogP contribution in [0.3, 0.4) is 0 Å². The first-order chi connectivity index (χ1) is 13.5. The van der Waals surface area contributed by atoms with Gasteiger partial charge in [-0.1, -0.05) is 6.07 Å². The number of fused-ring (bicyclic) bond motifs is 1. The number of carbonyl (C=O) groups excluding carboxylic acids is 3.